The minimum atomic E-state index is 1.28. The molecule has 0 atom stereocenters. The Bertz CT molecular complexity index is 429. The van der Waals surface area contributed by atoms with Gasteiger partial charge in [0.2, 0.25) is 0 Å². The first kappa shape index (κ1) is 9.71. The number of rotatable bonds is 1. The van der Waals surface area contributed by atoms with Gasteiger partial charge in [-0.05, 0) is 58.3 Å². The topological polar surface area (TPSA) is 0 Å². The first-order chi connectivity index (χ1) is 6.77. The molecule has 0 heterocycles. The minimum Gasteiger partial charge on any atom is -0.0620 e. The highest BCUT2D eigenvalue weighted by atomic mass is 127. The molecule has 0 amide bonds. The lowest BCUT2D eigenvalue weighted by molar-refractivity contribution is 1.45. The highest BCUT2D eigenvalue weighted by Gasteiger charge is 1.99. The molecule has 1 heteroatoms. The van der Waals surface area contributed by atoms with Crippen LogP contribution in [0.4, 0.5) is 0 Å². The Hall–Kier alpha value is -0.830. The van der Waals surface area contributed by atoms with E-state index in [1.165, 1.54) is 20.3 Å². The SMILES string of the molecule is Cc1ccccc1-c1ccc(I)cc1. The van der Waals surface area contributed by atoms with E-state index >= 15 is 0 Å². The summed E-state index contributed by atoms with van der Waals surface area (Å²) in [7, 11) is 0. The predicted octanol–water partition coefficient (Wildman–Crippen LogP) is 4.27. The van der Waals surface area contributed by atoms with Crippen molar-refractivity contribution in [1.82, 2.24) is 0 Å². The first-order valence-electron chi connectivity index (χ1n) is 4.59. The number of halogens is 1. The molecule has 2 aromatic carbocycles. The molecule has 0 spiro atoms. The lowest BCUT2D eigenvalue weighted by Gasteiger charge is -2.05. The molecule has 14 heavy (non-hydrogen) atoms. The van der Waals surface area contributed by atoms with Gasteiger partial charge < -0.3 is 0 Å². The van der Waals surface area contributed by atoms with Crippen molar-refractivity contribution in [3.8, 4) is 11.1 Å². The van der Waals surface area contributed by atoms with Crippen molar-refractivity contribution in [3.05, 3.63) is 57.7 Å². The molecule has 0 saturated carbocycles. The third kappa shape index (κ3) is 1.98. The van der Waals surface area contributed by atoms with Gasteiger partial charge in [0, 0.05) is 3.57 Å². The van der Waals surface area contributed by atoms with E-state index in [0.29, 0.717) is 0 Å². The third-order valence-electron chi connectivity index (χ3n) is 2.30. The van der Waals surface area contributed by atoms with Gasteiger partial charge in [-0.15, -0.1) is 0 Å². The second-order valence-corrected chi connectivity index (χ2v) is 4.57. The fraction of sp³-hybridized carbons (Fsp3) is 0.0769. The minimum absolute atomic E-state index is 1.28. The van der Waals surface area contributed by atoms with Crippen molar-refractivity contribution < 1.29 is 0 Å². The predicted molar refractivity (Wildman–Crippen MR) is 69.3 cm³/mol. The standard InChI is InChI=1S/C13H11I/c1-10-4-2-3-5-13(10)11-6-8-12(14)9-7-11/h2-9H,1H3. The Morgan fingerprint density at radius 2 is 1.50 bits per heavy atom. The molecular formula is C13H11I. The molecule has 70 valence electrons. The van der Waals surface area contributed by atoms with Crippen LogP contribution < -0.4 is 0 Å². The summed E-state index contributed by atoms with van der Waals surface area (Å²) in [6.07, 6.45) is 0. The van der Waals surface area contributed by atoms with Gasteiger partial charge in [0.1, 0.15) is 0 Å². The zero-order valence-corrected chi connectivity index (χ0v) is 10.2. The summed E-state index contributed by atoms with van der Waals surface area (Å²) < 4.78 is 1.28. The molecule has 0 unspecified atom stereocenters. The summed E-state index contributed by atoms with van der Waals surface area (Å²) >= 11 is 2.32. The Morgan fingerprint density at radius 1 is 0.857 bits per heavy atom. The molecule has 0 saturated heterocycles. The zero-order valence-electron chi connectivity index (χ0n) is 8.00. The van der Waals surface area contributed by atoms with E-state index in [0.717, 1.165) is 0 Å². The number of aryl methyl sites for hydroxylation is 1. The van der Waals surface area contributed by atoms with E-state index < -0.39 is 0 Å². The molecular weight excluding hydrogens is 283 g/mol. The van der Waals surface area contributed by atoms with Gasteiger partial charge >= 0.3 is 0 Å². The lowest BCUT2D eigenvalue weighted by Crippen LogP contribution is -1.82. The number of hydrogen-bond donors (Lipinski definition) is 0. The van der Waals surface area contributed by atoms with Gasteiger partial charge in [0.05, 0.1) is 0 Å². The van der Waals surface area contributed by atoms with Crippen LogP contribution in [0.5, 0.6) is 0 Å². The molecule has 0 radical (unpaired) electrons. The summed E-state index contributed by atoms with van der Waals surface area (Å²) in [4.78, 5) is 0. The molecule has 0 aliphatic carbocycles. The maximum absolute atomic E-state index is 2.32. The molecule has 0 N–H and O–H groups in total. The first-order valence-corrected chi connectivity index (χ1v) is 5.67. The molecule has 0 aliphatic rings. The van der Waals surface area contributed by atoms with Crippen LogP contribution in [-0.4, -0.2) is 0 Å². The van der Waals surface area contributed by atoms with E-state index in [1.54, 1.807) is 0 Å². The largest absolute Gasteiger partial charge is 0.0620 e. The van der Waals surface area contributed by atoms with Gasteiger partial charge in [-0.2, -0.15) is 0 Å². The van der Waals surface area contributed by atoms with Gasteiger partial charge in [-0.3, -0.25) is 0 Å². The lowest BCUT2D eigenvalue weighted by atomic mass is 10.0. The quantitative estimate of drug-likeness (QED) is 0.689. The summed E-state index contributed by atoms with van der Waals surface area (Å²) in [6.45, 7) is 2.15. The van der Waals surface area contributed by atoms with Crippen LogP contribution >= 0.6 is 22.6 Å². The molecule has 2 aromatic rings. The van der Waals surface area contributed by atoms with Crippen LogP contribution in [0.15, 0.2) is 48.5 Å². The van der Waals surface area contributed by atoms with E-state index in [-0.39, 0.29) is 0 Å². The third-order valence-corrected chi connectivity index (χ3v) is 3.02. The van der Waals surface area contributed by atoms with Gasteiger partial charge in [-0.25, -0.2) is 0 Å². The Labute approximate surface area is 98.1 Å². The number of hydrogen-bond acceptors (Lipinski definition) is 0. The van der Waals surface area contributed by atoms with Crippen LogP contribution in [0.25, 0.3) is 11.1 Å². The van der Waals surface area contributed by atoms with E-state index in [2.05, 4.69) is 78.0 Å². The Kier molecular flexibility index (Phi) is 2.87. The van der Waals surface area contributed by atoms with Crippen LogP contribution in [0.1, 0.15) is 5.56 Å². The maximum atomic E-state index is 2.32. The molecule has 0 fully saturated rings. The van der Waals surface area contributed by atoms with Gasteiger partial charge in [0.25, 0.3) is 0 Å². The van der Waals surface area contributed by atoms with E-state index in [4.69, 9.17) is 0 Å². The normalized spacial score (nSPS) is 10.1. The van der Waals surface area contributed by atoms with Gasteiger partial charge in [0.15, 0.2) is 0 Å². The average Bonchev–Trinajstić information content (AvgIpc) is 2.20. The highest BCUT2D eigenvalue weighted by molar-refractivity contribution is 14.1. The summed E-state index contributed by atoms with van der Waals surface area (Å²) in [5.74, 6) is 0. The molecule has 0 bridgehead atoms. The molecule has 0 aromatic heterocycles. The zero-order chi connectivity index (χ0) is 9.97. The fourth-order valence-corrected chi connectivity index (χ4v) is 1.89. The van der Waals surface area contributed by atoms with Gasteiger partial charge in [-0.1, -0.05) is 36.4 Å². The summed E-state index contributed by atoms with van der Waals surface area (Å²) in [5.41, 5.74) is 3.95. The molecule has 0 nitrogen and oxygen atoms in total. The van der Waals surface area contributed by atoms with Crippen molar-refractivity contribution in [2.75, 3.05) is 0 Å². The van der Waals surface area contributed by atoms with Crippen molar-refractivity contribution in [1.29, 1.82) is 0 Å². The number of benzene rings is 2. The average molecular weight is 294 g/mol. The molecule has 0 aliphatic heterocycles. The van der Waals surface area contributed by atoms with Crippen molar-refractivity contribution in [2.45, 2.75) is 6.92 Å². The Balaban J connectivity index is 2.50. The fourth-order valence-electron chi connectivity index (χ4n) is 1.53. The Morgan fingerprint density at radius 3 is 2.14 bits per heavy atom. The van der Waals surface area contributed by atoms with Crippen molar-refractivity contribution >= 4 is 22.6 Å². The monoisotopic (exact) mass is 294 g/mol. The summed E-state index contributed by atoms with van der Waals surface area (Å²) in [6, 6.07) is 17.1. The van der Waals surface area contributed by atoms with Crippen LogP contribution in [0.2, 0.25) is 0 Å². The highest BCUT2D eigenvalue weighted by Crippen LogP contribution is 2.23. The second kappa shape index (κ2) is 4.13. The smallest absolute Gasteiger partial charge is 0.0130 e. The van der Waals surface area contributed by atoms with E-state index in [1.807, 2.05) is 0 Å². The summed E-state index contributed by atoms with van der Waals surface area (Å²) in [5, 5.41) is 0. The molecule has 2 rings (SSSR count). The second-order valence-electron chi connectivity index (χ2n) is 3.32. The van der Waals surface area contributed by atoms with Crippen LogP contribution in [-0.2, 0) is 0 Å². The van der Waals surface area contributed by atoms with Crippen LogP contribution in [0, 0.1) is 10.5 Å². The van der Waals surface area contributed by atoms with Crippen molar-refractivity contribution in [3.63, 3.8) is 0 Å². The maximum Gasteiger partial charge on any atom is 0.0130 e. The van der Waals surface area contributed by atoms with E-state index in [9.17, 15) is 0 Å². The van der Waals surface area contributed by atoms with Crippen LogP contribution in [0.3, 0.4) is 0 Å². The van der Waals surface area contributed by atoms with Crippen molar-refractivity contribution in [2.24, 2.45) is 0 Å².